The molecule has 3 aliphatic heterocycles. The number of benzene rings is 1. The molecule has 0 aliphatic carbocycles. The average Bonchev–Trinajstić information content (AvgIpc) is 3.18. The van der Waals surface area contributed by atoms with Gasteiger partial charge >= 0.3 is 12.1 Å². The fraction of sp³-hybridized carbons (Fsp3) is 0.667. The van der Waals surface area contributed by atoms with Crippen LogP contribution in [0.3, 0.4) is 0 Å². The lowest BCUT2D eigenvalue weighted by molar-refractivity contribution is -0.151. The Morgan fingerprint density at radius 1 is 1.03 bits per heavy atom. The lowest BCUT2D eigenvalue weighted by Gasteiger charge is -2.45. The summed E-state index contributed by atoms with van der Waals surface area (Å²) in [6.07, 6.45) is 1.36. The Hall–Kier alpha value is -2.12. The van der Waals surface area contributed by atoms with E-state index in [0.717, 1.165) is 0 Å². The molecule has 3 atom stereocenters. The number of halogens is 1. The number of rotatable bonds is 9. The highest BCUT2D eigenvalue weighted by Crippen LogP contribution is 2.38. The molecule has 3 fully saturated rings. The Bertz CT molecular complexity index is 1050. The summed E-state index contributed by atoms with van der Waals surface area (Å²) in [7, 11) is -2.50. The van der Waals surface area contributed by atoms with E-state index in [-0.39, 0.29) is 51.6 Å². The number of fused-ring (bicyclic) bond motifs is 2. The van der Waals surface area contributed by atoms with Crippen LogP contribution in [0, 0.1) is 0 Å². The maximum atomic E-state index is 13.8. The maximum absolute atomic E-state index is 13.8. The minimum Gasteiger partial charge on any atom is -0.490 e. The van der Waals surface area contributed by atoms with Crippen LogP contribution in [0.2, 0.25) is 5.02 Å². The molecule has 0 radical (unpaired) electrons. The van der Waals surface area contributed by atoms with Crippen LogP contribution in [0.5, 0.6) is 5.75 Å². The number of esters is 1. The van der Waals surface area contributed by atoms with Crippen LogP contribution < -0.4 is 4.74 Å². The molecule has 0 N–H and O–H groups in total. The van der Waals surface area contributed by atoms with E-state index in [4.69, 9.17) is 30.5 Å². The molecule has 11 nitrogen and oxygen atoms in total. The van der Waals surface area contributed by atoms with Crippen LogP contribution in [0.4, 0.5) is 4.79 Å². The van der Waals surface area contributed by atoms with Crippen molar-refractivity contribution in [2.45, 2.75) is 56.8 Å². The summed E-state index contributed by atoms with van der Waals surface area (Å²) in [5.74, 6) is 0.0187. The number of hydrogen-bond donors (Lipinski definition) is 0. The number of hydrogen-bond acceptors (Lipinski definition) is 8. The van der Waals surface area contributed by atoms with Crippen molar-refractivity contribution in [1.82, 2.24) is 13.5 Å². The molecule has 3 saturated heterocycles. The van der Waals surface area contributed by atoms with Crippen LogP contribution in [0.25, 0.3) is 0 Å². The van der Waals surface area contributed by atoms with Gasteiger partial charge in [-0.1, -0.05) is 11.6 Å². The van der Waals surface area contributed by atoms with Crippen LogP contribution in [0.1, 0.15) is 32.6 Å². The number of methoxy groups -OCH3 is 1. The van der Waals surface area contributed by atoms with Gasteiger partial charge in [0.1, 0.15) is 24.5 Å². The summed E-state index contributed by atoms with van der Waals surface area (Å²) in [6, 6.07) is 4.87. The van der Waals surface area contributed by atoms with Crippen molar-refractivity contribution >= 4 is 33.9 Å². The van der Waals surface area contributed by atoms with E-state index in [2.05, 4.69) is 0 Å². The average molecular weight is 560 g/mol. The van der Waals surface area contributed by atoms with Crippen LogP contribution in [0.15, 0.2) is 24.3 Å². The second-order valence-electron chi connectivity index (χ2n) is 9.26. The predicted molar refractivity (Wildman–Crippen MR) is 135 cm³/mol. The van der Waals surface area contributed by atoms with E-state index in [1.54, 1.807) is 31.2 Å². The van der Waals surface area contributed by atoms with Gasteiger partial charge in [-0.05, 0) is 56.9 Å². The molecule has 4 rings (SSSR count). The van der Waals surface area contributed by atoms with Crippen molar-refractivity contribution in [3.05, 3.63) is 29.3 Å². The number of nitrogens with zero attached hydrogens (tertiary/aromatic N) is 3. The highest BCUT2D eigenvalue weighted by molar-refractivity contribution is 7.86. The van der Waals surface area contributed by atoms with Gasteiger partial charge in [-0.25, -0.2) is 4.79 Å². The van der Waals surface area contributed by atoms with Gasteiger partial charge in [0.25, 0.3) is 10.2 Å². The summed E-state index contributed by atoms with van der Waals surface area (Å²) in [4.78, 5) is 27.4. The number of piperazine rings is 1. The third-order valence-corrected chi connectivity index (χ3v) is 9.24. The number of amides is 1. The smallest absolute Gasteiger partial charge is 0.410 e. The molecule has 3 heterocycles. The minimum atomic E-state index is -4.00. The van der Waals surface area contributed by atoms with Crippen molar-refractivity contribution in [2.24, 2.45) is 0 Å². The van der Waals surface area contributed by atoms with Crippen molar-refractivity contribution in [1.29, 1.82) is 0 Å². The van der Waals surface area contributed by atoms with E-state index in [9.17, 15) is 18.0 Å². The maximum Gasteiger partial charge on any atom is 0.410 e. The van der Waals surface area contributed by atoms with Crippen LogP contribution in [-0.4, -0.2) is 105 Å². The van der Waals surface area contributed by atoms with Gasteiger partial charge in [-0.2, -0.15) is 17.0 Å². The third-order valence-electron chi connectivity index (χ3n) is 7.00. The van der Waals surface area contributed by atoms with E-state index in [0.29, 0.717) is 36.5 Å². The van der Waals surface area contributed by atoms with Gasteiger partial charge in [-0.3, -0.25) is 9.69 Å². The first-order chi connectivity index (χ1) is 17.8. The SMILES string of the molecule is CCOC(=O)[C@@H]1[C@@H]2CC[C@H](CN1S(=O)(=O)N1CCC(Oc3ccc(Cl)cc3)CC1)N2C(=O)OCCOC. The molecule has 13 heteroatoms. The quantitative estimate of drug-likeness (QED) is 0.334. The highest BCUT2D eigenvalue weighted by Gasteiger charge is 2.56. The molecule has 1 amide bonds. The van der Waals surface area contributed by atoms with Crippen molar-refractivity contribution in [3.8, 4) is 5.75 Å². The van der Waals surface area contributed by atoms with Gasteiger partial charge in [0.2, 0.25) is 0 Å². The summed E-state index contributed by atoms with van der Waals surface area (Å²) in [5.41, 5.74) is 0. The van der Waals surface area contributed by atoms with E-state index >= 15 is 0 Å². The molecular formula is C24H34ClN3O8S. The number of carbonyl (C=O) groups is 2. The van der Waals surface area contributed by atoms with Crippen LogP contribution >= 0.6 is 11.6 Å². The van der Waals surface area contributed by atoms with Gasteiger partial charge in [0, 0.05) is 37.8 Å². The molecule has 1 aromatic carbocycles. The zero-order valence-electron chi connectivity index (χ0n) is 21.1. The molecule has 0 aromatic heterocycles. The molecule has 0 saturated carbocycles. The van der Waals surface area contributed by atoms with Gasteiger partial charge in [0.15, 0.2) is 0 Å². The molecule has 3 aliphatic rings. The molecule has 0 spiro atoms. The Morgan fingerprint density at radius 3 is 2.38 bits per heavy atom. The normalized spacial score (nSPS) is 25.2. The lowest BCUT2D eigenvalue weighted by Crippen LogP contribution is -2.67. The first-order valence-corrected chi connectivity index (χ1v) is 14.3. The molecule has 37 heavy (non-hydrogen) atoms. The Kier molecular flexibility index (Phi) is 9.17. The first-order valence-electron chi connectivity index (χ1n) is 12.6. The standard InChI is InChI=1S/C24H34ClN3O8S/c1-3-34-23(29)22-21-9-6-18(28(21)24(30)35-15-14-33-2)16-27(22)37(31,32)26-12-10-20(11-13-26)36-19-7-4-17(25)5-8-19/h4-5,7-8,18,20-22H,3,6,9-16H2,1-2H3/t18-,21+,22+/m1/s1. The van der Waals surface area contributed by atoms with E-state index in [1.165, 1.54) is 20.6 Å². The zero-order chi connectivity index (χ0) is 26.6. The third kappa shape index (κ3) is 6.14. The second-order valence-corrected chi connectivity index (χ2v) is 11.6. The van der Waals surface area contributed by atoms with Crippen LogP contribution in [-0.2, 0) is 29.2 Å². The predicted octanol–water partition coefficient (Wildman–Crippen LogP) is 2.29. The second kappa shape index (κ2) is 12.2. The molecular weight excluding hydrogens is 526 g/mol. The monoisotopic (exact) mass is 559 g/mol. The number of piperidine rings is 1. The number of carbonyl (C=O) groups excluding carboxylic acids is 2. The first kappa shape index (κ1) is 27.9. The van der Waals surface area contributed by atoms with E-state index < -0.39 is 34.4 Å². The lowest BCUT2D eigenvalue weighted by atomic mass is 10.1. The number of ether oxygens (including phenoxy) is 4. The van der Waals surface area contributed by atoms with Crippen molar-refractivity contribution in [2.75, 3.05) is 46.6 Å². The molecule has 0 unspecified atom stereocenters. The fourth-order valence-electron chi connectivity index (χ4n) is 5.26. The van der Waals surface area contributed by atoms with Gasteiger partial charge in [-0.15, -0.1) is 0 Å². The molecule has 2 bridgehead atoms. The van der Waals surface area contributed by atoms with E-state index in [1.807, 2.05) is 0 Å². The van der Waals surface area contributed by atoms with Gasteiger partial charge < -0.3 is 18.9 Å². The topological polar surface area (TPSA) is 115 Å². The Balaban J connectivity index is 1.46. The zero-order valence-corrected chi connectivity index (χ0v) is 22.7. The highest BCUT2D eigenvalue weighted by atomic mass is 35.5. The molecule has 1 aromatic rings. The van der Waals surface area contributed by atoms with Crippen molar-refractivity contribution < 1.29 is 37.0 Å². The van der Waals surface area contributed by atoms with Gasteiger partial charge in [0.05, 0.1) is 19.3 Å². The molecule has 206 valence electrons. The minimum absolute atomic E-state index is 0.00287. The Morgan fingerprint density at radius 2 is 1.73 bits per heavy atom. The Labute approximate surface area is 222 Å². The van der Waals surface area contributed by atoms with Crippen molar-refractivity contribution in [3.63, 3.8) is 0 Å². The largest absolute Gasteiger partial charge is 0.490 e. The summed E-state index contributed by atoms with van der Waals surface area (Å²) in [5, 5.41) is 0.613. The summed E-state index contributed by atoms with van der Waals surface area (Å²) in [6.45, 7) is 2.60. The summed E-state index contributed by atoms with van der Waals surface area (Å²) >= 11 is 5.93. The summed E-state index contributed by atoms with van der Waals surface area (Å²) < 4.78 is 51.7. The fourth-order valence-corrected chi connectivity index (χ4v) is 7.23.